The van der Waals surface area contributed by atoms with E-state index in [1.54, 1.807) is 61.5 Å². The van der Waals surface area contributed by atoms with Crippen LogP contribution in [0, 0.1) is 6.92 Å². The number of rotatable bonds is 12. The molecular weight excluding hydrogens is 544 g/mol. The number of esters is 1. The van der Waals surface area contributed by atoms with E-state index in [9.17, 15) is 19.5 Å². The van der Waals surface area contributed by atoms with Crippen LogP contribution in [0.3, 0.4) is 0 Å². The highest BCUT2D eigenvalue weighted by Crippen LogP contribution is 2.44. The van der Waals surface area contributed by atoms with Crippen LogP contribution in [0.2, 0.25) is 0 Å². The molecule has 1 atom stereocenters. The average Bonchev–Trinajstić information content (AvgIpc) is 3.49. The minimum Gasteiger partial charge on any atom is -0.507 e. The van der Waals surface area contributed by atoms with E-state index in [1.165, 1.54) is 11.0 Å². The number of anilines is 1. The lowest BCUT2D eigenvalue weighted by molar-refractivity contribution is -0.132. The maximum absolute atomic E-state index is 13.5. The quantitative estimate of drug-likeness (QED) is 0.0953. The van der Waals surface area contributed by atoms with Crippen molar-refractivity contribution in [1.29, 1.82) is 0 Å². The van der Waals surface area contributed by atoms with Crippen molar-refractivity contribution in [2.24, 2.45) is 0 Å². The lowest BCUT2D eigenvalue weighted by atomic mass is 9.95. The molecule has 0 spiro atoms. The van der Waals surface area contributed by atoms with Gasteiger partial charge in [-0.25, -0.2) is 9.78 Å². The highest BCUT2D eigenvalue weighted by Gasteiger charge is 2.48. The number of aryl methyl sites for hydroxylation is 1. The predicted octanol–water partition coefficient (Wildman–Crippen LogP) is 5.77. The van der Waals surface area contributed by atoms with E-state index < -0.39 is 23.7 Å². The number of hydrogen-bond donors (Lipinski definition) is 1. The first-order valence-electron chi connectivity index (χ1n) is 12.9. The van der Waals surface area contributed by atoms with Crippen molar-refractivity contribution in [2.75, 3.05) is 24.7 Å². The highest BCUT2D eigenvalue weighted by atomic mass is 32.1. The second kappa shape index (κ2) is 13.1. The molecule has 0 radical (unpaired) electrons. The Kier molecular flexibility index (Phi) is 9.36. The zero-order valence-electron chi connectivity index (χ0n) is 22.8. The number of carbonyl (C=O) groups excluding carboxylic acids is 3. The molecule has 10 heteroatoms. The van der Waals surface area contributed by atoms with E-state index in [4.69, 9.17) is 14.2 Å². The molecule has 3 aromatic rings. The van der Waals surface area contributed by atoms with Crippen LogP contribution in [-0.4, -0.2) is 47.6 Å². The number of aromatic nitrogens is 1. The Morgan fingerprint density at radius 2 is 1.80 bits per heavy atom. The lowest BCUT2D eigenvalue weighted by Gasteiger charge is -2.23. The molecule has 1 aliphatic rings. The van der Waals surface area contributed by atoms with E-state index in [2.05, 4.69) is 18.1 Å². The van der Waals surface area contributed by atoms with Gasteiger partial charge >= 0.3 is 11.9 Å². The van der Waals surface area contributed by atoms with E-state index in [1.807, 2.05) is 6.92 Å². The SMILES string of the molecule is C=CCOC(=O)c1sc(N2C(=O)C(=O)/C(=C(/O)c3cccc(OCCC)c3)C2c2ccc(OCC=C)cc2)nc1C. The van der Waals surface area contributed by atoms with Gasteiger partial charge in [0, 0.05) is 5.56 Å². The topological polar surface area (TPSA) is 115 Å². The normalized spacial score (nSPS) is 16.0. The number of hydrogen-bond acceptors (Lipinski definition) is 9. The van der Waals surface area contributed by atoms with Gasteiger partial charge in [0.1, 0.15) is 35.3 Å². The van der Waals surface area contributed by atoms with Gasteiger partial charge in [0.25, 0.3) is 5.78 Å². The number of aliphatic hydroxyl groups excluding tert-OH is 1. The Labute approximate surface area is 242 Å². The molecule has 2 heterocycles. The van der Waals surface area contributed by atoms with Crippen molar-refractivity contribution in [3.8, 4) is 11.5 Å². The molecule has 2 aromatic carbocycles. The zero-order valence-corrected chi connectivity index (χ0v) is 23.6. The van der Waals surface area contributed by atoms with Crippen LogP contribution >= 0.6 is 11.3 Å². The molecule has 0 aliphatic carbocycles. The first kappa shape index (κ1) is 29.3. The third kappa shape index (κ3) is 6.22. The molecule has 1 N–H and O–H groups in total. The number of benzene rings is 2. The van der Waals surface area contributed by atoms with Crippen molar-refractivity contribution in [1.82, 2.24) is 4.98 Å². The minimum atomic E-state index is -1.04. The maximum Gasteiger partial charge on any atom is 0.350 e. The van der Waals surface area contributed by atoms with Gasteiger partial charge in [-0.05, 0) is 43.2 Å². The van der Waals surface area contributed by atoms with Crippen molar-refractivity contribution in [3.05, 3.63) is 101 Å². The van der Waals surface area contributed by atoms with Crippen LogP contribution in [-0.2, 0) is 14.3 Å². The van der Waals surface area contributed by atoms with Crippen LogP contribution in [0.25, 0.3) is 5.76 Å². The van der Waals surface area contributed by atoms with Gasteiger partial charge < -0.3 is 19.3 Å². The fraction of sp³-hybridized carbons (Fsp3) is 0.226. The number of nitrogens with zero attached hydrogens (tertiary/aromatic N) is 2. The van der Waals surface area contributed by atoms with Gasteiger partial charge in [-0.15, -0.1) is 0 Å². The van der Waals surface area contributed by atoms with Gasteiger partial charge in [0.05, 0.1) is 23.9 Å². The Bertz CT molecular complexity index is 1510. The Hall–Kier alpha value is -4.70. The molecule has 4 rings (SSSR count). The number of amides is 1. The van der Waals surface area contributed by atoms with Crippen molar-refractivity contribution >= 4 is 39.9 Å². The van der Waals surface area contributed by atoms with Crippen LogP contribution in [0.5, 0.6) is 11.5 Å². The predicted molar refractivity (Wildman–Crippen MR) is 156 cm³/mol. The second-order valence-electron chi connectivity index (χ2n) is 9.01. The molecule has 1 amide bonds. The number of carbonyl (C=O) groups is 3. The molecule has 1 aromatic heterocycles. The monoisotopic (exact) mass is 574 g/mol. The minimum absolute atomic E-state index is 0.0112. The number of thiazole rings is 1. The zero-order chi connectivity index (χ0) is 29.5. The number of Topliss-reactive ketones (excluding diaryl/α,β-unsaturated/α-hetero) is 1. The number of aliphatic hydroxyl groups is 1. The van der Waals surface area contributed by atoms with Gasteiger partial charge in [0.2, 0.25) is 0 Å². The summed E-state index contributed by atoms with van der Waals surface area (Å²) in [5.74, 6) is -1.67. The molecular formula is C31H30N2O7S. The van der Waals surface area contributed by atoms with Crippen molar-refractivity contribution in [2.45, 2.75) is 26.3 Å². The number of ether oxygens (including phenoxy) is 3. The van der Waals surface area contributed by atoms with Crippen LogP contribution in [0.4, 0.5) is 5.13 Å². The highest BCUT2D eigenvalue weighted by molar-refractivity contribution is 7.17. The summed E-state index contributed by atoms with van der Waals surface area (Å²) in [5, 5.41) is 11.6. The van der Waals surface area contributed by atoms with Crippen molar-refractivity contribution in [3.63, 3.8) is 0 Å². The lowest BCUT2D eigenvalue weighted by Crippen LogP contribution is -2.29. The molecule has 1 saturated heterocycles. The largest absolute Gasteiger partial charge is 0.507 e. The standard InChI is InChI=1S/C31H30N2O7S/c1-5-15-38-22-13-11-20(12-14-22)25-24(26(34)21-9-8-10-23(18-21)39-16-6-2)27(35)29(36)33(25)31-32-19(4)28(41-31)30(37)40-17-7-3/h5,7-14,18,25,34H,1,3,6,15-17H2,2,4H3/b26-24+. The molecule has 41 heavy (non-hydrogen) atoms. The summed E-state index contributed by atoms with van der Waals surface area (Å²) < 4.78 is 16.4. The molecule has 212 valence electrons. The summed E-state index contributed by atoms with van der Waals surface area (Å²) in [6.45, 7) is 11.6. The summed E-state index contributed by atoms with van der Waals surface area (Å²) in [4.78, 5) is 45.5. The van der Waals surface area contributed by atoms with Gasteiger partial charge in [0.15, 0.2) is 5.13 Å². The molecule has 1 aliphatic heterocycles. The second-order valence-corrected chi connectivity index (χ2v) is 9.99. The fourth-order valence-electron chi connectivity index (χ4n) is 4.23. The summed E-state index contributed by atoms with van der Waals surface area (Å²) in [7, 11) is 0. The van der Waals surface area contributed by atoms with Crippen LogP contribution < -0.4 is 14.4 Å². The van der Waals surface area contributed by atoms with Gasteiger partial charge in [-0.1, -0.05) is 67.8 Å². The molecule has 1 fully saturated rings. The van der Waals surface area contributed by atoms with E-state index >= 15 is 0 Å². The molecule has 0 bridgehead atoms. The van der Waals surface area contributed by atoms with E-state index in [0.29, 0.717) is 41.5 Å². The summed E-state index contributed by atoms with van der Waals surface area (Å²) >= 11 is 0.928. The summed E-state index contributed by atoms with van der Waals surface area (Å²) in [6, 6.07) is 12.5. The van der Waals surface area contributed by atoms with Crippen LogP contribution in [0.15, 0.2) is 79.4 Å². The Morgan fingerprint density at radius 1 is 1.07 bits per heavy atom. The Balaban J connectivity index is 1.84. The number of ketones is 1. The Morgan fingerprint density at radius 3 is 2.49 bits per heavy atom. The third-order valence-corrected chi connectivity index (χ3v) is 7.23. The maximum atomic E-state index is 13.5. The smallest absolute Gasteiger partial charge is 0.350 e. The summed E-state index contributed by atoms with van der Waals surface area (Å²) in [6.07, 6.45) is 3.85. The molecule has 1 unspecified atom stereocenters. The summed E-state index contributed by atoms with van der Waals surface area (Å²) in [5.41, 5.74) is 1.06. The molecule has 0 saturated carbocycles. The van der Waals surface area contributed by atoms with Gasteiger partial charge in [-0.3, -0.25) is 14.5 Å². The first-order chi connectivity index (χ1) is 19.8. The molecule has 9 nitrogen and oxygen atoms in total. The van der Waals surface area contributed by atoms with Gasteiger partial charge in [-0.2, -0.15) is 0 Å². The average molecular weight is 575 g/mol. The van der Waals surface area contributed by atoms with Crippen molar-refractivity contribution < 1.29 is 33.7 Å². The third-order valence-electron chi connectivity index (χ3n) is 6.10. The first-order valence-corrected chi connectivity index (χ1v) is 13.8. The van der Waals surface area contributed by atoms with E-state index in [-0.39, 0.29) is 27.9 Å². The fourth-order valence-corrected chi connectivity index (χ4v) is 5.22. The van der Waals surface area contributed by atoms with E-state index in [0.717, 1.165) is 17.8 Å². The van der Waals surface area contributed by atoms with Crippen LogP contribution in [0.1, 0.15) is 45.9 Å².